The number of hydrogen-bond acceptors (Lipinski definition) is 4. The quantitative estimate of drug-likeness (QED) is 0.640. The lowest BCUT2D eigenvalue weighted by Gasteiger charge is -2.26. The zero-order chi connectivity index (χ0) is 17.6. The molecule has 2 aromatic rings. The van der Waals surface area contributed by atoms with Crippen molar-refractivity contribution in [1.29, 1.82) is 0 Å². The summed E-state index contributed by atoms with van der Waals surface area (Å²) in [6.07, 6.45) is 6.81. The Kier molecular flexibility index (Phi) is 5.51. The lowest BCUT2D eigenvalue weighted by Crippen LogP contribution is -2.29. The molecule has 4 nitrogen and oxygen atoms in total. The summed E-state index contributed by atoms with van der Waals surface area (Å²) in [5, 5.41) is 19.6. The molecule has 1 aliphatic heterocycles. The molecule has 25 heavy (non-hydrogen) atoms. The van der Waals surface area contributed by atoms with E-state index >= 15 is 0 Å². The number of carbonyl (C=O) groups is 1. The Hall–Kier alpha value is -2.59. The highest BCUT2D eigenvalue weighted by Crippen LogP contribution is 2.23. The lowest BCUT2D eigenvalue weighted by molar-refractivity contribution is 0.104. The minimum Gasteiger partial charge on any atom is -0.508 e. The van der Waals surface area contributed by atoms with Crippen molar-refractivity contribution in [3.8, 4) is 11.5 Å². The molecule has 0 amide bonds. The van der Waals surface area contributed by atoms with E-state index in [9.17, 15) is 15.0 Å². The summed E-state index contributed by atoms with van der Waals surface area (Å²) in [6, 6.07) is 11.8. The number of ketones is 1. The van der Waals surface area contributed by atoms with Gasteiger partial charge in [0, 0.05) is 17.7 Å². The second kappa shape index (κ2) is 7.99. The molecule has 2 aromatic carbocycles. The molecule has 0 spiro atoms. The smallest absolute Gasteiger partial charge is 0.185 e. The predicted octanol–water partition coefficient (Wildman–Crippen LogP) is 3.98. The van der Waals surface area contributed by atoms with Crippen LogP contribution in [-0.2, 0) is 6.54 Å². The number of piperidine rings is 1. The van der Waals surface area contributed by atoms with Gasteiger partial charge in [-0.25, -0.2) is 0 Å². The molecule has 1 heterocycles. The number of phenols is 2. The van der Waals surface area contributed by atoms with Crippen LogP contribution < -0.4 is 0 Å². The largest absolute Gasteiger partial charge is 0.508 e. The van der Waals surface area contributed by atoms with Crippen LogP contribution in [0.3, 0.4) is 0 Å². The molecule has 0 bridgehead atoms. The van der Waals surface area contributed by atoms with Crippen LogP contribution in [-0.4, -0.2) is 34.0 Å². The van der Waals surface area contributed by atoms with Gasteiger partial charge in [0.1, 0.15) is 11.5 Å². The van der Waals surface area contributed by atoms with Crippen molar-refractivity contribution in [3.63, 3.8) is 0 Å². The number of likely N-dealkylation sites (tertiary alicyclic amines) is 1. The van der Waals surface area contributed by atoms with E-state index in [0.29, 0.717) is 12.1 Å². The Morgan fingerprint density at radius 1 is 1.04 bits per heavy atom. The van der Waals surface area contributed by atoms with Crippen LogP contribution in [0.2, 0.25) is 0 Å². The zero-order valence-electron chi connectivity index (χ0n) is 14.2. The summed E-state index contributed by atoms with van der Waals surface area (Å²) >= 11 is 0. The first-order valence-electron chi connectivity index (χ1n) is 8.67. The standard InChI is InChI=1S/C21H23NO3/c23-19-6-4-5-16(13-19)7-9-20(24)17-8-10-21(25)18(14-17)15-22-11-2-1-3-12-22/h4-10,13-14,23,25H,1-3,11-12,15H2/b9-7+. The van der Waals surface area contributed by atoms with Crippen LogP contribution in [0.4, 0.5) is 0 Å². The number of hydrogen-bond donors (Lipinski definition) is 2. The third kappa shape index (κ3) is 4.70. The maximum Gasteiger partial charge on any atom is 0.185 e. The van der Waals surface area contributed by atoms with Crippen LogP contribution >= 0.6 is 0 Å². The molecule has 0 atom stereocenters. The average Bonchev–Trinajstić information content (AvgIpc) is 2.62. The number of allylic oxidation sites excluding steroid dienone is 1. The molecule has 0 radical (unpaired) electrons. The third-order valence-electron chi connectivity index (χ3n) is 4.50. The second-order valence-electron chi connectivity index (χ2n) is 6.47. The molecule has 1 aliphatic rings. The molecular formula is C21H23NO3. The van der Waals surface area contributed by atoms with E-state index < -0.39 is 0 Å². The van der Waals surface area contributed by atoms with Gasteiger partial charge in [-0.3, -0.25) is 9.69 Å². The van der Waals surface area contributed by atoms with Crippen molar-refractivity contribution >= 4 is 11.9 Å². The highest BCUT2D eigenvalue weighted by Gasteiger charge is 2.14. The lowest BCUT2D eigenvalue weighted by atomic mass is 10.0. The van der Waals surface area contributed by atoms with Crippen molar-refractivity contribution in [1.82, 2.24) is 4.90 Å². The fourth-order valence-electron chi connectivity index (χ4n) is 3.12. The Morgan fingerprint density at radius 3 is 2.60 bits per heavy atom. The normalized spacial score (nSPS) is 15.5. The van der Waals surface area contributed by atoms with E-state index in [2.05, 4.69) is 4.90 Å². The monoisotopic (exact) mass is 337 g/mol. The number of aromatic hydroxyl groups is 2. The summed E-state index contributed by atoms with van der Waals surface area (Å²) < 4.78 is 0. The van der Waals surface area contributed by atoms with Crippen molar-refractivity contribution in [2.75, 3.05) is 13.1 Å². The Morgan fingerprint density at radius 2 is 1.84 bits per heavy atom. The number of rotatable bonds is 5. The minimum atomic E-state index is -0.122. The maximum atomic E-state index is 12.4. The van der Waals surface area contributed by atoms with Gasteiger partial charge in [-0.15, -0.1) is 0 Å². The van der Waals surface area contributed by atoms with E-state index in [1.165, 1.54) is 25.3 Å². The van der Waals surface area contributed by atoms with Crippen LogP contribution in [0.15, 0.2) is 48.5 Å². The molecule has 0 aromatic heterocycles. The van der Waals surface area contributed by atoms with Gasteiger partial charge < -0.3 is 10.2 Å². The van der Waals surface area contributed by atoms with Gasteiger partial charge in [0.25, 0.3) is 0 Å². The summed E-state index contributed by atoms with van der Waals surface area (Å²) in [6.45, 7) is 2.74. The van der Waals surface area contributed by atoms with E-state index in [-0.39, 0.29) is 17.3 Å². The Balaban J connectivity index is 1.73. The third-order valence-corrected chi connectivity index (χ3v) is 4.50. The summed E-state index contributed by atoms with van der Waals surface area (Å²) in [4.78, 5) is 14.7. The molecule has 2 N–H and O–H groups in total. The minimum absolute atomic E-state index is 0.122. The van der Waals surface area contributed by atoms with Gasteiger partial charge in [-0.05, 0) is 67.9 Å². The highest BCUT2D eigenvalue weighted by molar-refractivity contribution is 6.07. The molecule has 130 valence electrons. The fourth-order valence-corrected chi connectivity index (χ4v) is 3.12. The first-order valence-corrected chi connectivity index (χ1v) is 8.67. The highest BCUT2D eigenvalue weighted by atomic mass is 16.3. The maximum absolute atomic E-state index is 12.4. The van der Waals surface area contributed by atoms with Crippen molar-refractivity contribution in [3.05, 3.63) is 65.2 Å². The van der Waals surface area contributed by atoms with E-state index in [1.54, 1.807) is 42.5 Å². The van der Waals surface area contributed by atoms with Gasteiger partial charge in [0.2, 0.25) is 0 Å². The number of nitrogens with zero attached hydrogens (tertiary/aromatic N) is 1. The Labute approximate surface area is 148 Å². The van der Waals surface area contributed by atoms with Crippen LogP contribution in [0.25, 0.3) is 6.08 Å². The SMILES string of the molecule is O=C(/C=C/c1cccc(O)c1)c1ccc(O)c(CN2CCCCC2)c1. The average molecular weight is 337 g/mol. The second-order valence-corrected chi connectivity index (χ2v) is 6.47. The summed E-state index contributed by atoms with van der Waals surface area (Å²) in [7, 11) is 0. The van der Waals surface area contributed by atoms with Gasteiger partial charge in [-0.1, -0.05) is 24.6 Å². The molecule has 1 saturated heterocycles. The van der Waals surface area contributed by atoms with Crippen molar-refractivity contribution in [2.45, 2.75) is 25.8 Å². The molecule has 0 saturated carbocycles. The van der Waals surface area contributed by atoms with Crippen LogP contribution in [0.1, 0.15) is 40.7 Å². The van der Waals surface area contributed by atoms with Crippen molar-refractivity contribution in [2.24, 2.45) is 0 Å². The molecule has 1 fully saturated rings. The molecule has 4 heteroatoms. The van der Waals surface area contributed by atoms with Crippen molar-refractivity contribution < 1.29 is 15.0 Å². The zero-order valence-corrected chi connectivity index (χ0v) is 14.2. The molecule has 3 rings (SSSR count). The first kappa shape index (κ1) is 17.2. The fraction of sp³-hybridized carbons (Fsp3) is 0.286. The number of phenolic OH excluding ortho intramolecular Hbond substituents is 2. The van der Waals surface area contributed by atoms with E-state index in [4.69, 9.17) is 0 Å². The number of benzene rings is 2. The van der Waals surface area contributed by atoms with Gasteiger partial charge >= 0.3 is 0 Å². The van der Waals surface area contributed by atoms with E-state index in [0.717, 1.165) is 24.2 Å². The predicted molar refractivity (Wildman–Crippen MR) is 98.7 cm³/mol. The Bertz CT molecular complexity index is 776. The topological polar surface area (TPSA) is 60.8 Å². The van der Waals surface area contributed by atoms with Crippen LogP contribution in [0, 0.1) is 0 Å². The van der Waals surface area contributed by atoms with Gasteiger partial charge in [-0.2, -0.15) is 0 Å². The first-order chi connectivity index (χ1) is 12.1. The summed E-state index contributed by atoms with van der Waals surface area (Å²) in [5.41, 5.74) is 2.11. The molecule has 0 unspecified atom stereocenters. The summed E-state index contributed by atoms with van der Waals surface area (Å²) in [5.74, 6) is 0.283. The van der Waals surface area contributed by atoms with Gasteiger partial charge in [0.15, 0.2) is 5.78 Å². The number of carbonyl (C=O) groups excluding carboxylic acids is 1. The molecular weight excluding hydrogens is 314 g/mol. The van der Waals surface area contributed by atoms with Gasteiger partial charge in [0.05, 0.1) is 0 Å². The van der Waals surface area contributed by atoms with E-state index in [1.807, 2.05) is 6.07 Å². The van der Waals surface area contributed by atoms with Crippen LogP contribution in [0.5, 0.6) is 11.5 Å². The molecule has 0 aliphatic carbocycles.